The second-order valence-corrected chi connectivity index (χ2v) is 2.81. The molecule has 1 aliphatic heterocycles. The van der Waals surface area contributed by atoms with E-state index in [9.17, 15) is 0 Å². The van der Waals surface area contributed by atoms with E-state index in [4.69, 9.17) is 4.74 Å². The van der Waals surface area contributed by atoms with Crippen molar-refractivity contribution in [2.45, 2.75) is 13.0 Å². The molecule has 0 radical (unpaired) electrons. The number of benzene rings is 1. The van der Waals surface area contributed by atoms with Crippen LogP contribution in [0.4, 0.5) is 5.69 Å². The van der Waals surface area contributed by atoms with Gasteiger partial charge in [0.2, 0.25) is 0 Å². The van der Waals surface area contributed by atoms with Gasteiger partial charge in [-0.2, -0.15) is 0 Å². The lowest BCUT2D eigenvalue weighted by atomic mass is 10.2. The average molecular weight is 149 g/mol. The number of nitrogens with one attached hydrogen (secondary N) is 1. The molecule has 0 amide bonds. The molecule has 0 aliphatic carbocycles. The minimum absolute atomic E-state index is 0.282. The van der Waals surface area contributed by atoms with Gasteiger partial charge in [0.05, 0.1) is 12.2 Å². The van der Waals surface area contributed by atoms with Crippen LogP contribution in [0.3, 0.4) is 0 Å². The molecule has 0 spiro atoms. The largest absolute Gasteiger partial charge is 0.487 e. The van der Waals surface area contributed by atoms with Crippen LogP contribution in [-0.2, 0) is 0 Å². The van der Waals surface area contributed by atoms with Crippen molar-refractivity contribution in [3.63, 3.8) is 0 Å². The molecule has 2 nitrogen and oxygen atoms in total. The van der Waals surface area contributed by atoms with Crippen molar-refractivity contribution < 1.29 is 4.74 Å². The molecule has 0 saturated carbocycles. The molecule has 2 heteroatoms. The fourth-order valence-electron chi connectivity index (χ4n) is 1.23. The zero-order valence-corrected chi connectivity index (χ0v) is 6.50. The Bertz CT molecular complexity index is 259. The molecular formula is C9H11NO. The third-order valence-electron chi connectivity index (χ3n) is 1.80. The van der Waals surface area contributed by atoms with Crippen molar-refractivity contribution in [1.29, 1.82) is 0 Å². The Kier molecular flexibility index (Phi) is 1.46. The maximum Gasteiger partial charge on any atom is 0.142 e. The summed E-state index contributed by atoms with van der Waals surface area (Å²) in [5.41, 5.74) is 1.10. The van der Waals surface area contributed by atoms with Gasteiger partial charge in [-0.1, -0.05) is 12.1 Å². The Hall–Kier alpha value is -1.18. The standard InChI is InChI=1S/C9H11NO/c1-7-6-10-8-4-2-3-5-9(8)11-7/h2-5,7,10H,6H2,1H3/t7-/m1/s1. The predicted molar refractivity (Wildman–Crippen MR) is 45.0 cm³/mol. The van der Waals surface area contributed by atoms with E-state index < -0.39 is 0 Å². The lowest BCUT2D eigenvalue weighted by Gasteiger charge is -2.24. The fraction of sp³-hybridized carbons (Fsp3) is 0.333. The van der Waals surface area contributed by atoms with Crippen molar-refractivity contribution >= 4 is 5.69 Å². The molecule has 0 unspecified atom stereocenters. The molecule has 1 heterocycles. The van der Waals surface area contributed by atoms with E-state index >= 15 is 0 Å². The number of anilines is 1. The molecule has 1 aromatic rings. The number of fused-ring (bicyclic) bond motifs is 1. The molecule has 0 saturated heterocycles. The van der Waals surface area contributed by atoms with Crippen LogP contribution in [0, 0.1) is 0 Å². The molecular weight excluding hydrogens is 138 g/mol. The summed E-state index contributed by atoms with van der Waals surface area (Å²) in [4.78, 5) is 0. The van der Waals surface area contributed by atoms with Crippen LogP contribution < -0.4 is 10.1 Å². The molecule has 2 rings (SSSR count). The Labute approximate surface area is 66.2 Å². The third kappa shape index (κ3) is 1.16. The molecule has 1 aromatic carbocycles. The van der Waals surface area contributed by atoms with Gasteiger partial charge in [-0.05, 0) is 19.1 Å². The van der Waals surface area contributed by atoms with E-state index in [1.165, 1.54) is 0 Å². The number of para-hydroxylation sites is 2. The third-order valence-corrected chi connectivity index (χ3v) is 1.80. The summed E-state index contributed by atoms with van der Waals surface area (Å²) in [5.74, 6) is 0.964. The van der Waals surface area contributed by atoms with Gasteiger partial charge in [0.15, 0.2) is 0 Å². The quantitative estimate of drug-likeness (QED) is 0.608. The average Bonchev–Trinajstić information content (AvgIpc) is 2.04. The maximum atomic E-state index is 5.57. The molecule has 0 aromatic heterocycles. The first-order valence-corrected chi connectivity index (χ1v) is 3.86. The Balaban J connectivity index is 2.34. The second-order valence-electron chi connectivity index (χ2n) is 2.81. The molecule has 1 N–H and O–H groups in total. The van der Waals surface area contributed by atoms with E-state index in [1.807, 2.05) is 24.3 Å². The summed E-state index contributed by atoms with van der Waals surface area (Å²) in [6.45, 7) is 2.96. The van der Waals surface area contributed by atoms with Gasteiger partial charge in [0.1, 0.15) is 11.9 Å². The van der Waals surface area contributed by atoms with Gasteiger partial charge in [-0.3, -0.25) is 0 Å². The van der Waals surface area contributed by atoms with Crippen LogP contribution in [0.5, 0.6) is 5.75 Å². The first kappa shape index (κ1) is 6.53. The van der Waals surface area contributed by atoms with E-state index in [-0.39, 0.29) is 6.10 Å². The molecule has 58 valence electrons. The zero-order valence-electron chi connectivity index (χ0n) is 6.50. The highest BCUT2D eigenvalue weighted by Gasteiger charge is 2.13. The molecule has 11 heavy (non-hydrogen) atoms. The van der Waals surface area contributed by atoms with Crippen LogP contribution in [0.2, 0.25) is 0 Å². The topological polar surface area (TPSA) is 21.3 Å². The smallest absolute Gasteiger partial charge is 0.142 e. The second kappa shape index (κ2) is 2.46. The summed E-state index contributed by atoms with van der Waals surface area (Å²) in [5, 5.41) is 3.29. The SMILES string of the molecule is C[C@@H]1CNc2ccccc2O1. The highest BCUT2D eigenvalue weighted by atomic mass is 16.5. The van der Waals surface area contributed by atoms with Crippen molar-refractivity contribution in [1.82, 2.24) is 0 Å². The van der Waals surface area contributed by atoms with Gasteiger partial charge in [-0.25, -0.2) is 0 Å². The van der Waals surface area contributed by atoms with Crippen LogP contribution in [0.15, 0.2) is 24.3 Å². The van der Waals surface area contributed by atoms with Crippen molar-refractivity contribution in [3.8, 4) is 5.75 Å². The summed E-state index contributed by atoms with van der Waals surface area (Å²) in [6.07, 6.45) is 0.282. The van der Waals surface area contributed by atoms with E-state index in [0.717, 1.165) is 18.0 Å². The van der Waals surface area contributed by atoms with Crippen LogP contribution in [0.1, 0.15) is 6.92 Å². The van der Waals surface area contributed by atoms with Gasteiger partial charge in [-0.15, -0.1) is 0 Å². The first-order valence-electron chi connectivity index (χ1n) is 3.86. The van der Waals surface area contributed by atoms with Crippen LogP contribution >= 0.6 is 0 Å². The predicted octanol–water partition coefficient (Wildman–Crippen LogP) is 1.88. The number of hydrogen-bond donors (Lipinski definition) is 1. The highest BCUT2D eigenvalue weighted by Crippen LogP contribution is 2.27. The van der Waals surface area contributed by atoms with Gasteiger partial charge < -0.3 is 10.1 Å². The molecule has 0 fully saturated rings. The van der Waals surface area contributed by atoms with Crippen molar-refractivity contribution in [3.05, 3.63) is 24.3 Å². The van der Waals surface area contributed by atoms with E-state index in [2.05, 4.69) is 12.2 Å². The van der Waals surface area contributed by atoms with Gasteiger partial charge in [0.25, 0.3) is 0 Å². The minimum atomic E-state index is 0.282. The van der Waals surface area contributed by atoms with Crippen LogP contribution in [-0.4, -0.2) is 12.6 Å². The van der Waals surface area contributed by atoms with Crippen LogP contribution in [0.25, 0.3) is 0 Å². The number of hydrogen-bond acceptors (Lipinski definition) is 2. The summed E-state index contributed by atoms with van der Waals surface area (Å²) in [6, 6.07) is 8.00. The van der Waals surface area contributed by atoms with Gasteiger partial charge in [0, 0.05) is 0 Å². The van der Waals surface area contributed by atoms with Crippen molar-refractivity contribution in [2.24, 2.45) is 0 Å². The zero-order chi connectivity index (χ0) is 7.68. The highest BCUT2D eigenvalue weighted by molar-refractivity contribution is 5.57. The minimum Gasteiger partial charge on any atom is -0.487 e. The molecule has 0 bridgehead atoms. The lowest BCUT2D eigenvalue weighted by Crippen LogP contribution is -2.27. The van der Waals surface area contributed by atoms with E-state index in [1.54, 1.807) is 0 Å². The van der Waals surface area contributed by atoms with E-state index in [0.29, 0.717) is 0 Å². The number of rotatable bonds is 0. The summed E-state index contributed by atoms with van der Waals surface area (Å²) in [7, 11) is 0. The maximum absolute atomic E-state index is 5.57. The fourth-order valence-corrected chi connectivity index (χ4v) is 1.23. The monoisotopic (exact) mass is 149 g/mol. The van der Waals surface area contributed by atoms with Gasteiger partial charge >= 0.3 is 0 Å². The lowest BCUT2D eigenvalue weighted by molar-refractivity contribution is 0.226. The Morgan fingerprint density at radius 3 is 3.18 bits per heavy atom. The Morgan fingerprint density at radius 2 is 2.27 bits per heavy atom. The normalized spacial score (nSPS) is 21.4. The summed E-state index contributed by atoms with van der Waals surface area (Å²) >= 11 is 0. The molecule has 1 atom stereocenters. The molecule has 1 aliphatic rings. The Morgan fingerprint density at radius 1 is 1.45 bits per heavy atom. The number of ether oxygens (including phenoxy) is 1. The summed E-state index contributed by atoms with van der Waals surface area (Å²) < 4.78 is 5.57. The first-order chi connectivity index (χ1) is 5.36. The van der Waals surface area contributed by atoms with Crippen molar-refractivity contribution in [2.75, 3.05) is 11.9 Å².